The molecule has 3 rings (SSSR count). The first kappa shape index (κ1) is 12.4. The van der Waals surface area contributed by atoms with E-state index in [-0.39, 0.29) is 22.0 Å². The third-order valence-electron chi connectivity index (χ3n) is 2.98. The first-order valence-electron chi connectivity index (χ1n) is 5.80. The number of H-pyrrole nitrogens is 2. The summed E-state index contributed by atoms with van der Waals surface area (Å²) in [6, 6.07) is 5.88. The van der Waals surface area contributed by atoms with E-state index in [1.54, 1.807) is 12.1 Å². The van der Waals surface area contributed by atoms with Crippen LogP contribution in [0.5, 0.6) is 5.75 Å². The second kappa shape index (κ2) is 4.49. The van der Waals surface area contributed by atoms with Crippen molar-refractivity contribution in [2.75, 3.05) is 5.32 Å². The lowest BCUT2D eigenvalue weighted by Crippen LogP contribution is -2.33. The monoisotopic (exact) mass is 289 g/mol. The lowest BCUT2D eigenvalue weighted by molar-refractivity contribution is 0.475. The predicted octanol–water partition coefficient (Wildman–Crippen LogP) is 0.968. The zero-order valence-corrected chi connectivity index (χ0v) is 11.0. The molecule has 1 atom stereocenters. The van der Waals surface area contributed by atoms with Gasteiger partial charge < -0.3 is 21.1 Å². The maximum absolute atomic E-state index is 12.1. The number of rotatable bonds is 1. The molecular weight excluding hydrogens is 278 g/mol. The van der Waals surface area contributed by atoms with E-state index in [0.29, 0.717) is 11.4 Å². The van der Waals surface area contributed by atoms with Crippen LogP contribution in [-0.2, 0) is 0 Å². The number of aromatic hydroxyl groups is 1. The Bertz CT molecular complexity index is 806. The first-order chi connectivity index (χ1) is 9.54. The van der Waals surface area contributed by atoms with Gasteiger partial charge in [-0.2, -0.15) is 0 Å². The minimum absolute atomic E-state index is 0.140. The highest BCUT2D eigenvalue weighted by Gasteiger charge is 2.25. The van der Waals surface area contributed by atoms with Gasteiger partial charge >= 0.3 is 0 Å². The molecule has 20 heavy (non-hydrogen) atoms. The van der Waals surface area contributed by atoms with Crippen molar-refractivity contribution in [2.45, 2.75) is 6.04 Å². The molecule has 1 aliphatic rings. The van der Waals surface area contributed by atoms with Crippen molar-refractivity contribution in [2.24, 2.45) is 10.7 Å². The van der Waals surface area contributed by atoms with Crippen LogP contribution in [0.4, 0.5) is 5.82 Å². The normalized spacial score (nSPS) is 17.0. The number of phenols is 1. The predicted molar refractivity (Wildman–Crippen MR) is 77.4 cm³/mol. The van der Waals surface area contributed by atoms with Crippen molar-refractivity contribution in [3.8, 4) is 5.75 Å². The van der Waals surface area contributed by atoms with Crippen LogP contribution in [0.15, 0.2) is 34.1 Å². The van der Waals surface area contributed by atoms with E-state index in [0.717, 1.165) is 5.56 Å². The molecule has 0 saturated carbocycles. The zero-order valence-electron chi connectivity index (χ0n) is 10.2. The van der Waals surface area contributed by atoms with Gasteiger partial charge in [0.05, 0.1) is 5.56 Å². The van der Waals surface area contributed by atoms with E-state index in [4.69, 9.17) is 18.0 Å². The maximum atomic E-state index is 12.1. The van der Waals surface area contributed by atoms with Crippen molar-refractivity contribution in [3.63, 3.8) is 0 Å². The van der Waals surface area contributed by atoms with Crippen molar-refractivity contribution < 1.29 is 5.11 Å². The van der Waals surface area contributed by atoms with Crippen LogP contribution in [0, 0.1) is 4.77 Å². The van der Waals surface area contributed by atoms with Crippen LogP contribution in [0.25, 0.3) is 0 Å². The Balaban J connectivity index is 2.22. The molecule has 0 radical (unpaired) electrons. The average Bonchev–Trinajstić information content (AvgIpc) is 2.37. The number of phenolic OH excluding ortho intramolecular Hbond substituents is 1. The molecule has 7 nitrogen and oxygen atoms in total. The van der Waals surface area contributed by atoms with Gasteiger partial charge in [-0.3, -0.25) is 9.78 Å². The summed E-state index contributed by atoms with van der Waals surface area (Å²) in [5, 5.41) is 12.1. The van der Waals surface area contributed by atoms with E-state index in [1.165, 1.54) is 12.1 Å². The van der Waals surface area contributed by atoms with Crippen LogP contribution in [0.3, 0.4) is 0 Å². The highest BCUT2D eigenvalue weighted by atomic mass is 32.1. The first-order valence-corrected chi connectivity index (χ1v) is 6.21. The standard InChI is InChI=1S/C12H11N5O2S/c13-11-14-8(5-1-3-6(18)4-2-5)7-9(15-11)16-12(20)17-10(7)19/h1-4,8,18H,(H5,13,14,15,16,17,19,20). The van der Waals surface area contributed by atoms with Gasteiger partial charge in [0.2, 0.25) is 0 Å². The number of aliphatic imine (C=N–C) groups is 1. The molecule has 0 bridgehead atoms. The number of hydrogen-bond acceptors (Lipinski definition) is 6. The molecule has 1 aromatic carbocycles. The maximum Gasteiger partial charge on any atom is 0.259 e. The van der Waals surface area contributed by atoms with E-state index in [2.05, 4.69) is 20.3 Å². The summed E-state index contributed by atoms with van der Waals surface area (Å²) < 4.78 is 0.209. The topological polar surface area (TPSA) is 119 Å². The highest BCUT2D eigenvalue weighted by Crippen LogP contribution is 2.31. The van der Waals surface area contributed by atoms with Gasteiger partial charge in [-0.25, -0.2) is 4.99 Å². The Hall–Kier alpha value is -2.61. The Kier molecular flexibility index (Phi) is 2.79. The summed E-state index contributed by atoms with van der Waals surface area (Å²) in [6.07, 6.45) is 0. The summed E-state index contributed by atoms with van der Waals surface area (Å²) in [5.41, 5.74) is 6.54. The van der Waals surface area contributed by atoms with E-state index in [1.807, 2.05) is 0 Å². The van der Waals surface area contributed by atoms with Crippen molar-refractivity contribution in [1.82, 2.24) is 9.97 Å². The summed E-state index contributed by atoms with van der Waals surface area (Å²) in [6.45, 7) is 0. The van der Waals surface area contributed by atoms with Gasteiger partial charge in [-0.15, -0.1) is 0 Å². The summed E-state index contributed by atoms with van der Waals surface area (Å²) in [4.78, 5) is 21.7. The number of aromatic nitrogens is 2. The van der Waals surface area contributed by atoms with Crippen LogP contribution in [-0.4, -0.2) is 21.0 Å². The second-order valence-electron chi connectivity index (χ2n) is 4.33. The number of aromatic amines is 2. The van der Waals surface area contributed by atoms with Crippen molar-refractivity contribution >= 4 is 24.0 Å². The number of fused-ring (bicyclic) bond motifs is 1. The van der Waals surface area contributed by atoms with Gasteiger partial charge in [-0.05, 0) is 29.9 Å². The van der Waals surface area contributed by atoms with Gasteiger partial charge in [0.1, 0.15) is 17.6 Å². The quantitative estimate of drug-likeness (QED) is 0.501. The molecule has 8 heteroatoms. The summed E-state index contributed by atoms with van der Waals surface area (Å²) in [5.74, 6) is 0.761. The third kappa shape index (κ3) is 2.05. The Morgan fingerprint density at radius 3 is 2.65 bits per heavy atom. The van der Waals surface area contributed by atoms with Gasteiger partial charge in [-0.1, -0.05) is 12.1 Å². The molecule has 2 heterocycles. The van der Waals surface area contributed by atoms with E-state index >= 15 is 0 Å². The molecular formula is C12H11N5O2S. The fourth-order valence-corrected chi connectivity index (χ4v) is 2.31. The molecule has 1 unspecified atom stereocenters. The molecule has 1 aromatic heterocycles. The number of anilines is 1. The lowest BCUT2D eigenvalue weighted by atomic mass is 9.99. The number of nitrogens with zero attached hydrogens (tertiary/aromatic N) is 1. The third-order valence-corrected chi connectivity index (χ3v) is 3.19. The Labute approximate surface area is 118 Å². The molecule has 1 aliphatic heterocycles. The average molecular weight is 289 g/mol. The second-order valence-corrected chi connectivity index (χ2v) is 4.74. The van der Waals surface area contributed by atoms with Crippen LogP contribution in [0.2, 0.25) is 0 Å². The molecule has 0 amide bonds. The highest BCUT2D eigenvalue weighted by molar-refractivity contribution is 7.71. The fourth-order valence-electron chi connectivity index (χ4n) is 2.12. The van der Waals surface area contributed by atoms with Gasteiger partial charge in [0, 0.05) is 0 Å². The number of nitrogens with two attached hydrogens (primary N) is 1. The Morgan fingerprint density at radius 1 is 1.25 bits per heavy atom. The number of guanidine groups is 1. The van der Waals surface area contributed by atoms with Gasteiger partial charge in [0.25, 0.3) is 5.56 Å². The largest absolute Gasteiger partial charge is 0.508 e. The van der Waals surface area contributed by atoms with E-state index < -0.39 is 6.04 Å². The minimum atomic E-state index is -0.553. The fraction of sp³-hybridized carbons (Fsp3) is 0.0833. The number of nitrogens with one attached hydrogen (secondary N) is 3. The SMILES string of the molecule is NC1=NC(c2ccc(O)cc2)c2c([nH]c(=S)[nH]c2=O)N1. The van der Waals surface area contributed by atoms with Gasteiger partial charge in [0.15, 0.2) is 10.7 Å². The molecule has 0 aliphatic carbocycles. The molecule has 6 N–H and O–H groups in total. The molecule has 0 spiro atoms. The number of benzene rings is 1. The smallest absolute Gasteiger partial charge is 0.259 e. The summed E-state index contributed by atoms with van der Waals surface area (Å²) >= 11 is 4.93. The van der Waals surface area contributed by atoms with Crippen molar-refractivity contribution in [1.29, 1.82) is 0 Å². The molecule has 0 fully saturated rings. The molecule has 0 saturated heterocycles. The number of hydrogen-bond donors (Lipinski definition) is 5. The zero-order chi connectivity index (χ0) is 14.3. The van der Waals surface area contributed by atoms with Crippen LogP contribution >= 0.6 is 12.2 Å². The molecule has 102 valence electrons. The molecule has 2 aromatic rings. The van der Waals surface area contributed by atoms with Crippen LogP contribution < -0.4 is 16.6 Å². The minimum Gasteiger partial charge on any atom is -0.508 e. The Morgan fingerprint density at radius 2 is 1.95 bits per heavy atom. The van der Waals surface area contributed by atoms with Crippen molar-refractivity contribution in [3.05, 3.63) is 50.5 Å². The summed E-state index contributed by atoms with van der Waals surface area (Å²) in [7, 11) is 0. The van der Waals surface area contributed by atoms with E-state index in [9.17, 15) is 9.90 Å². The lowest BCUT2D eigenvalue weighted by Gasteiger charge is -2.22. The van der Waals surface area contributed by atoms with Crippen LogP contribution in [0.1, 0.15) is 17.2 Å².